The first-order valence-electron chi connectivity index (χ1n) is 7.88. The van der Waals surface area contributed by atoms with Crippen LogP contribution in [0.25, 0.3) is 11.4 Å². The Balaban J connectivity index is 1.76. The molecule has 5 nitrogen and oxygen atoms in total. The van der Waals surface area contributed by atoms with Crippen LogP contribution in [0.1, 0.15) is 24.0 Å². The predicted octanol–water partition coefficient (Wildman–Crippen LogP) is 2.33. The van der Waals surface area contributed by atoms with Gasteiger partial charge in [0.25, 0.3) is 0 Å². The van der Waals surface area contributed by atoms with Crippen molar-refractivity contribution in [2.45, 2.75) is 25.8 Å². The Hall–Kier alpha value is -2.45. The molecule has 23 heavy (non-hydrogen) atoms. The minimum Gasteiger partial charge on any atom is -0.365 e. The van der Waals surface area contributed by atoms with Crippen LogP contribution in [0.15, 0.2) is 24.4 Å². The average molecular weight is 307 g/mol. The van der Waals surface area contributed by atoms with Crippen molar-refractivity contribution in [3.63, 3.8) is 0 Å². The van der Waals surface area contributed by atoms with Crippen LogP contribution >= 0.6 is 0 Å². The van der Waals surface area contributed by atoms with E-state index in [-0.39, 0.29) is 0 Å². The lowest BCUT2D eigenvalue weighted by Crippen LogP contribution is -2.39. The smallest absolute Gasteiger partial charge is 0.149 e. The predicted molar refractivity (Wildman–Crippen MR) is 92.1 cm³/mol. The molecule has 1 N–H and O–H groups in total. The number of hydrogen-bond acceptors (Lipinski definition) is 5. The monoisotopic (exact) mass is 307 g/mol. The molecule has 3 heterocycles. The van der Waals surface area contributed by atoms with Crippen LogP contribution in [0.2, 0.25) is 0 Å². The number of anilines is 1. The van der Waals surface area contributed by atoms with Gasteiger partial charge in [0.15, 0.2) is 0 Å². The summed E-state index contributed by atoms with van der Waals surface area (Å²) in [5, 5.41) is 12.2. The molecule has 0 unspecified atom stereocenters. The molecule has 0 amide bonds. The van der Waals surface area contributed by atoms with E-state index in [1.165, 1.54) is 19.4 Å². The summed E-state index contributed by atoms with van der Waals surface area (Å²) in [4.78, 5) is 6.70. The quantitative estimate of drug-likeness (QED) is 0.882. The van der Waals surface area contributed by atoms with Gasteiger partial charge in [-0.3, -0.25) is 4.98 Å². The third-order valence-corrected chi connectivity index (χ3v) is 4.13. The fourth-order valence-corrected chi connectivity index (χ4v) is 2.92. The average Bonchev–Trinajstić information content (AvgIpc) is 2.55. The van der Waals surface area contributed by atoms with Gasteiger partial charge in [0.05, 0.1) is 5.69 Å². The number of terminal acetylenes is 1. The molecule has 2 aromatic heterocycles. The van der Waals surface area contributed by atoms with Crippen LogP contribution < -0.4 is 5.32 Å². The van der Waals surface area contributed by atoms with E-state index in [2.05, 4.69) is 38.4 Å². The van der Waals surface area contributed by atoms with Crippen LogP contribution in [0.4, 0.5) is 5.82 Å². The Kier molecular flexibility index (Phi) is 4.54. The molecule has 1 aliphatic rings. The van der Waals surface area contributed by atoms with Crippen molar-refractivity contribution in [2.75, 3.05) is 25.5 Å². The van der Waals surface area contributed by atoms with Crippen molar-refractivity contribution in [3.05, 3.63) is 35.5 Å². The molecule has 1 fully saturated rings. The molecule has 3 rings (SSSR count). The molecule has 1 atom stereocenters. The number of likely N-dealkylation sites (tertiary alicyclic amines) is 1. The Bertz CT molecular complexity index is 717. The van der Waals surface area contributed by atoms with Crippen molar-refractivity contribution in [2.24, 2.45) is 0 Å². The van der Waals surface area contributed by atoms with Crippen molar-refractivity contribution in [1.82, 2.24) is 20.1 Å². The molecule has 0 spiro atoms. The minimum absolute atomic E-state index is 0.432. The van der Waals surface area contributed by atoms with Gasteiger partial charge in [-0.2, -0.15) is 0 Å². The molecule has 1 saturated heterocycles. The standard InChI is InChI=1S/C18H21N5/c1-4-14-7-8-16(19-11-14)18-13(2)10-17(21-22-18)20-15-6-5-9-23(3)12-15/h1,7-8,10-11,15H,5-6,9,12H2,2-3H3,(H,20,21)/t15-/m1/s1. The summed E-state index contributed by atoms with van der Waals surface area (Å²) in [5.41, 5.74) is 3.39. The summed E-state index contributed by atoms with van der Waals surface area (Å²) in [6.07, 6.45) is 9.42. The van der Waals surface area contributed by atoms with E-state index in [0.717, 1.165) is 34.9 Å². The zero-order chi connectivity index (χ0) is 16.2. The largest absolute Gasteiger partial charge is 0.365 e. The molecular formula is C18H21N5. The molecule has 1 aliphatic heterocycles. The van der Waals surface area contributed by atoms with E-state index in [0.29, 0.717) is 6.04 Å². The first-order chi connectivity index (χ1) is 11.2. The lowest BCUT2D eigenvalue weighted by Gasteiger charge is -2.30. The van der Waals surface area contributed by atoms with Crippen LogP contribution in [0, 0.1) is 19.3 Å². The summed E-state index contributed by atoms with van der Waals surface area (Å²) in [6.45, 7) is 4.23. The van der Waals surface area contributed by atoms with Crippen molar-refractivity contribution in [3.8, 4) is 23.7 Å². The Morgan fingerprint density at radius 2 is 2.22 bits per heavy atom. The summed E-state index contributed by atoms with van der Waals surface area (Å²) in [7, 11) is 2.15. The van der Waals surface area contributed by atoms with Crippen LogP contribution in [0.5, 0.6) is 0 Å². The first kappa shape index (κ1) is 15.4. The normalized spacial score (nSPS) is 18.4. The number of pyridine rings is 1. The third-order valence-electron chi connectivity index (χ3n) is 4.13. The number of rotatable bonds is 3. The zero-order valence-electron chi connectivity index (χ0n) is 13.6. The molecule has 5 heteroatoms. The summed E-state index contributed by atoms with van der Waals surface area (Å²) < 4.78 is 0. The first-order valence-corrected chi connectivity index (χ1v) is 7.88. The molecule has 0 bridgehead atoms. The van der Waals surface area contributed by atoms with E-state index in [4.69, 9.17) is 6.42 Å². The second-order valence-electron chi connectivity index (χ2n) is 6.08. The van der Waals surface area contributed by atoms with Gasteiger partial charge in [-0.1, -0.05) is 5.92 Å². The highest BCUT2D eigenvalue weighted by Crippen LogP contribution is 2.21. The molecule has 0 aliphatic carbocycles. The number of hydrogen-bond donors (Lipinski definition) is 1. The highest BCUT2D eigenvalue weighted by atomic mass is 15.2. The topological polar surface area (TPSA) is 53.9 Å². The van der Waals surface area contributed by atoms with E-state index in [1.807, 2.05) is 25.1 Å². The van der Waals surface area contributed by atoms with Crippen LogP contribution in [0.3, 0.4) is 0 Å². The lowest BCUT2D eigenvalue weighted by atomic mass is 10.1. The maximum absolute atomic E-state index is 5.36. The minimum atomic E-state index is 0.432. The fourth-order valence-electron chi connectivity index (χ4n) is 2.92. The number of nitrogens with one attached hydrogen (secondary N) is 1. The number of likely N-dealkylation sites (N-methyl/N-ethyl adjacent to an activating group) is 1. The van der Waals surface area contributed by atoms with Crippen molar-refractivity contribution < 1.29 is 0 Å². The molecule has 0 radical (unpaired) electrons. The number of piperidine rings is 1. The zero-order valence-corrected chi connectivity index (χ0v) is 13.6. The van der Waals surface area contributed by atoms with Gasteiger partial charge in [0.1, 0.15) is 11.5 Å². The van der Waals surface area contributed by atoms with E-state index in [9.17, 15) is 0 Å². The second kappa shape index (κ2) is 6.76. The summed E-state index contributed by atoms with van der Waals surface area (Å²) >= 11 is 0. The van der Waals surface area contributed by atoms with Crippen molar-refractivity contribution in [1.29, 1.82) is 0 Å². The Labute approximate surface area is 137 Å². The SMILES string of the molecule is C#Cc1ccc(-c2nnc(N[C@@H]3CCCN(C)C3)cc2C)nc1. The van der Waals surface area contributed by atoms with Gasteiger partial charge >= 0.3 is 0 Å². The van der Waals surface area contributed by atoms with Gasteiger partial charge < -0.3 is 10.2 Å². The number of aromatic nitrogens is 3. The van der Waals surface area contributed by atoms with Gasteiger partial charge in [-0.15, -0.1) is 16.6 Å². The molecular weight excluding hydrogens is 286 g/mol. The Morgan fingerprint density at radius 1 is 1.35 bits per heavy atom. The number of aryl methyl sites for hydroxylation is 1. The van der Waals surface area contributed by atoms with Gasteiger partial charge in [0.2, 0.25) is 0 Å². The van der Waals surface area contributed by atoms with E-state index >= 15 is 0 Å². The maximum atomic E-state index is 5.36. The highest BCUT2D eigenvalue weighted by Gasteiger charge is 2.18. The van der Waals surface area contributed by atoms with Gasteiger partial charge in [-0.25, -0.2) is 0 Å². The molecule has 0 aromatic carbocycles. The summed E-state index contributed by atoms with van der Waals surface area (Å²) in [6, 6.07) is 6.22. The molecule has 2 aromatic rings. The lowest BCUT2D eigenvalue weighted by molar-refractivity contribution is 0.260. The highest BCUT2D eigenvalue weighted by molar-refractivity contribution is 5.60. The molecule has 0 saturated carbocycles. The van der Waals surface area contributed by atoms with Gasteiger partial charge in [-0.05, 0) is 57.1 Å². The van der Waals surface area contributed by atoms with Gasteiger partial charge in [0, 0.05) is 24.3 Å². The maximum Gasteiger partial charge on any atom is 0.149 e. The van der Waals surface area contributed by atoms with E-state index in [1.54, 1.807) is 6.20 Å². The van der Waals surface area contributed by atoms with Crippen LogP contribution in [-0.4, -0.2) is 46.3 Å². The molecule has 118 valence electrons. The third kappa shape index (κ3) is 3.66. The fraction of sp³-hybridized carbons (Fsp3) is 0.389. The second-order valence-corrected chi connectivity index (χ2v) is 6.08. The Morgan fingerprint density at radius 3 is 2.87 bits per heavy atom. The van der Waals surface area contributed by atoms with Crippen LogP contribution in [-0.2, 0) is 0 Å². The summed E-state index contributed by atoms with van der Waals surface area (Å²) in [5.74, 6) is 3.39. The van der Waals surface area contributed by atoms with E-state index < -0.39 is 0 Å². The van der Waals surface area contributed by atoms with Crippen molar-refractivity contribution >= 4 is 5.82 Å². The number of nitrogens with zero attached hydrogens (tertiary/aromatic N) is 4.